The van der Waals surface area contributed by atoms with Crippen LogP contribution in [0.1, 0.15) is 16.7 Å². The molecule has 0 spiro atoms. The van der Waals surface area contributed by atoms with E-state index in [0.717, 1.165) is 27.4 Å². The van der Waals surface area contributed by atoms with Crippen LogP contribution in [0.5, 0.6) is 11.5 Å². The van der Waals surface area contributed by atoms with E-state index >= 15 is 0 Å². The lowest BCUT2D eigenvalue weighted by atomic mass is 9.96. The number of hydrogen-bond donors (Lipinski definition) is 0. The number of nitrogens with zero attached hydrogens (tertiary/aromatic N) is 3. The molecule has 0 atom stereocenters. The molecule has 1 aromatic carbocycles. The van der Waals surface area contributed by atoms with Gasteiger partial charge in [-0.1, -0.05) is 0 Å². The molecule has 0 bridgehead atoms. The molecule has 0 saturated carbocycles. The smallest absolute Gasteiger partial charge is 0.247 e. The van der Waals surface area contributed by atoms with E-state index in [1.165, 1.54) is 0 Å². The summed E-state index contributed by atoms with van der Waals surface area (Å²) in [6.45, 7) is 0.161. The Labute approximate surface area is 147 Å². The Kier molecular flexibility index (Phi) is 4.63. The van der Waals surface area contributed by atoms with Crippen LogP contribution in [0.25, 0.3) is 0 Å². The molecule has 3 rings (SSSR count). The van der Waals surface area contributed by atoms with Gasteiger partial charge in [0.2, 0.25) is 10.0 Å². The molecule has 0 unspecified atom stereocenters. The molecule has 2 aromatic rings. The number of aromatic nitrogens is 1. The van der Waals surface area contributed by atoms with Gasteiger partial charge in [-0.3, -0.25) is 4.98 Å². The molecular formula is C17H19N3O4S. The van der Waals surface area contributed by atoms with E-state index in [9.17, 15) is 8.42 Å². The molecule has 0 saturated heterocycles. The predicted molar refractivity (Wildman–Crippen MR) is 94.4 cm³/mol. The molecule has 7 nitrogen and oxygen atoms in total. The van der Waals surface area contributed by atoms with Gasteiger partial charge in [-0.2, -0.15) is 9.52 Å². The molecule has 1 aliphatic heterocycles. The molecule has 1 aliphatic rings. The molecule has 0 aliphatic carbocycles. The zero-order chi connectivity index (χ0) is 18.0. The average Bonchev–Trinajstić information content (AvgIpc) is 2.60. The van der Waals surface area contributed by atoms with Gasteiger partial charge in [0, 0.05) is 24.4 Å². The molecule has 0 fully saturated rings. The van der Waals surface area contributed by atoms with Gasteiger partial charge >= 0.3 is 0 Å². The fraction of sp³-hybridized carbons (Fsp3) is 0.294. The summed E-state index contributed by atoms with van der Waals surface area (Å²) >= 11 is 0. The summed E-state index contributed by atoms with van der Waals surface area (Å²) in [6, 6.07) is 7.39. The van der Waals surface area contributed by atoms with Crippen molar-refractivity contribution in [2.75, 3.05) is 20.5 Å². The van der Waals surface area contributed by atoms with Crippen molar-refractivity contribution < 1.29 is 17.9 Å². The van der Waals surface area contributed by atoms with Gasteiger partial charge in [0.1, 0.15) is 0 Å². The SMILES string of the molecule is COc1cc2c(cc1OC)C(Cc1ccncc1)=NN(S(C)(=O)=O)C2. The minimum absolute atomic E-state index is 0.161. The number of ether oxygens (including phenoxy) is 2. The van der Waals surface area contributed by atoms with Gasteiger partial charge in [0.25, 0.3) is 0 Å². The number of sulfonamides is 1. The van der Waals surface area contributed by atoms with Crippen molar-refractivity contribution in [2.45, 2.75) is 13.0 Å². The van der Waals surface area contributed by atoms with Crippen molar-refractivity contribution in [3.63, 3.8) is 0 Å². The van der Waals surface area contributed by atoms with E-state index in [1.54, 1.807) is 32.7 Å². The number of hydrazone groups is 1. The minimum atomic E-state index is -3.47. The van der Waals surface area contributed by atoms with Crippen LogP contribution in [0.4, 0.5) is 0 Å². The fourth-order valence-corrected chi connectivity index (χ4v) is 3.33. The monoisotopic (exact) mass is 361 g/mol. The third kappa shape index (κ3) is 3.58. The van der Waals surface area contributed by atoms with Crippen LogP contribution in [0, 0.1) is 0 Å². The highest BCUT2D eigenvalue weighted by molar-refractivity contribution is 7.88. The maximum atomic E-state index is 12.0. The van der Waals surface area contributed by atoms with E-state index in [4.69, 9.17) is 9.47 Å². The predicted octanol–water partition coefficient (Wildman–Crippen LogP) is 1.82. The van der Waals surface area contributed by atoms with Gasteiger partial charge in [-0.15, -0.1) is 0 Å². The van der Waals surface area contributed by atoms with E-state index in [-0.39, 0.29) is 6.54 Å². The first-order valence-electron chi connectivity index (χ1n) is 7.61. The summed E-state index contributed by atoms with van der Waals surface area (Å²) in [5.74, 6) is 1.14. The number of fused-ring (bicyclic) bond motifs is 1. The lowest BCUT2D eigenvalue weighted by Gasteiger charge is -2.27. The molecule has 1 aromatic heterocycles. The van der Waals surface area contributed by atoms with Gasteiger partial charge < -0.3 is 9.47 Å². The van der Waals surface area contributed by atoms with Crippen LogP contribution in [0.3, 0.4) is 0 Å². The Morgan fingerprint density at radius 2 is 1.76 bits per heavy atom. The summed E-state index contributed by atoms with van der Waals surface area (Å²) < 4.78 is 35.9. The highest BCUT2D eigenvalue weighted by Gasteiger charge is 2.26. The fourth-order valence-electron chi connectivity index (χ4n) is 2.71. The standard InChI is InChI=1S/C17H19N3O4S/c1-23-16-9-13-11-20(25(3,21)22)19-15(14(13)10-17(16)24-2)8-12-4-6-18-7-5-12/h4-7,9-10H,8,11H2,1-3H3. The zero-order valence-corrected chi connectivity index (χ0v) is 15.1. The maximum Gasteiger partial charge on any atom is 0.247 e. The third-order valence-corrected chi connectivity index (χ3v) is 4.94. The summed E-state index contributed by atoms with van der Waals surface area (Å²) in [6.07, 6.45) is 5.02. The molecule has 8 heteroatoms. The molecule has 25 heavy (non-hydrogen) atoms. The van der Waals surface area contributed by atoms with Crippen molar-refractivity contribution in [1.29, 1.82) is 0 Å². The summed E-state index contributed by atoms with van der Waals surface area (Å²) in [7, 11) is -0.354. The van der Waals surface area contributed by atoms with Gasteiger partial charge in [-0.25, -0.2) is 8.42 Å². The minimum Gasteiger partial charge on any atom is -0.493 e. The normalized spacial score (nSPS) is 13.9. The van der Waals surface area contributed by atoms with E-state index in [2.05, 4.69) is 10.1 Å². The van der Waals surface area contributed by atoms with E-state index in [0.29, 0.717) is 23.6 Å². The summed E-state index contributed by atoms with van der Waals surface area (Å²) in [4.78, 5) is 4.00. The van der Waals surface area contributed by atoms with Crippen molar-refractivity contribution in [2.24, 2.45) is 5.10 Å². The molecule has 0 amide bonds. The largest absolute Gasteiger partial charge is 0.493 e. The summed E-state index contributed by atoms with van der Waals surface area (Å²) in [5.41, 5.74) is 3.32. The second-order valence-corrected chi connectivity index (χ2v) is 7.57. The lowest BCUT2D eigenvalue weighted by molar-refractivity contribution is 0.352. The Morgan fingerprint density at radius 3 is 2.36 bits per heavy atom. The van der Waals surface area contributed by atoms with Crippen LogP contribution in [0.15, 0.2) is 41.8 Å². The first-order valence-corrected chi connectivity index (χ1v) is 9.46. The van der Waals surface area contributed by atoms with Gasteiger partial charge in [-0.05, 0) is 35.4 Å². The molecule has 0 N–H and O–H groups in total. The van der Waals surface area contributed by atoms with Crippen LogP contribution >= 0.6 is 0 Å². The van der Waals surface area contributed by atoms with Crippen LogP contribution in [0.2, 0.25) is 0 Å². The van der Waals surface area contributed by atoms with Crippen LogP contribution in [-0.2, 0) is 23.0 Å². The average molecular weight is 361 g/mol. The first kappa shape index (κ1) is 17.2. The molecular weight excluding hydrogens is 342 g/mol. The third-order valence-electron chi connectivity index (χ3n) is 3.96. The Bertz CT molecular complexity index is 911. The number of benzene rings is 1. The lowest BCUT2D eigenvalue weighted by Crippen LogP contribution is -2.31. The Hall–Kier alpha value is -2.61. The van der Waals surface area contributed by atoms with Crippen molar-refractivity contribution >= 4 is 15.7 Å². The Balaban J connectivity index is 2.11. The maximum absolute atomic E-state index is 12.0. The number of methoxy groups -OCH3 is 2. The number of hydrogen-bond acceptors (Lipinski definition) is 6. The van der Waals surface area contributed by atoms with E-state index in [1.807, 2.05) is 18.2 Å². The second-order valence-electron chi connectivity index (χ2n) is 5.69. The molecule has 0 radical (unpaired) electrons. The van der Waals surface area contributed by atoms with Crippen LogP contribution < -0.4 is 9.47 Å². The Morgan fingerprint density at radius 1 is 1.12 bits per heavy atom. The van der Waals surface area contributed by atoms with Crippen molar-refractivity contribution in [3.05, 3.63) is 53.3 Å². The van der Waals surface area contributed by atoms with Gasteiger partial charge in [0.15, 0.2) is 11.5 Å². The molecule has 2 heterocycles. The number of pyridine rings is 1. The van der Waals surface area contributed by atoms with Crippen LogP contribution in [-0.4, -0.2) is 44.0 Å². The highest BCUT2D eigenvalue weighted by atomic mass is 32.2. The summed E-state index contributed by atoms with van der Waals surface area (Å²) in [5, 5.41) is 4.37. The second kappa shape index (κ2) is 6.72. The first-order chi connectivity index (χ1) is 11.9. The quantitative estimate of drug-likeness (QED) is 0.811. The van der Waals surface area contributed by atoms with Crippen molar-refractivity contribution in [1.82, 2.24) is 9.40 Å². The zero-order valence-electron chi connectivity index (χ0n) is 14.3. The highest BCUT2D eigenvalue weighted by Crippen LogP contribution is 2.34. The number of rotatable bonds is 5. The van der Waals surface area contributed by atoms with Crippen molar-refractivity contribution in [3.8, 4) is 11.5 Å². The van der Waals surface area contributed by atoms with E-state index < -0.39 is 10.0 Å². The molecule has 132 valence electrons. The topological polar surface area (TPSA) is 81.1 Å². The van der Waals surface area contributed by atoms with Gasteiger partial charge in [0.05, 0.1) is 32.7 Å².